The van der Waals surface area contributed by atoms with E-state index in [2.05, 4.69) is 17.2 Å². The minimum atomic E-state index is -0.673. The smallest absolute Gasteiger partial charge is 0.310 e. The Morgan fingerprint density at radius 3 is 2.68 bits per heavy atom. The van der Waals surface area contributed by atoms with Crippen LogP contribution in [0, 0.1) is 11.3 Å². The van der Waals surface area contributed by atoms with Gasteiger partial charge in [0.25, 0.3) is 0 Å². The quantitative estimate of drug-likeness (QED) is 0.887. The van der Waals surface area contributed by atoms with Gasteiger partial charge in [0.2, 0.25) is 0 Å². The van der Waals surface area contributed by atoms with E-state index in [4.69, 9.17) is 0 Å². The maximum atomic E-state index is 11.7. The molecule has 1 aromatic rings. The largest absolute Gasteiger partial charge is 0.481 e. The molecule has 1 aromatic heterocycles. The molecular formula is C14H23N3O2. The number of nitrogens with zero attached hydrogens (tertiary/aromatic N) is 3. The number of aromatic nitrogens is 3. The van der Waals surface area contributed by atoms with Crippen molar-refractivity contribution in [1.82, 2.24) is 15.0 Å². The van der Waals surface area contributed by atoms with Crippen LogP contribution in [0.2, 0.25) is 0 Å². The van der Waals surface area contributed by atoms with Crippen molar-refractivity contribution in [1.29, 1.82) is 0 Å². The van der Waals surface area contributed by atoms with Gasteiger partial charge in [-0.25, -0.2) is 0 Å². The summed E-state index contributed by atoms with van der Waals surface area (Å²) >= 11 is 0. The molecule has 0 saturated heterocycles. The van der Waals surface area contributed by atoms with E-state index in [0.717, 1.165) is 31.4 Å². The summed E-state index contributed by atoms with van der Waals surface area (Å²) in [5.41, 5.74) is 0.166. The highest BCUT2D eigenvalue weighted by Crippen LogP contribution is 2.42. The molecular weight excluding hydrogens is 242 g/mol. The van der Waals surface area contributed by atoms with Crippen LogP contribution < -0.4 is 0 Å². The molecule has 1 aliphatic carbocycles. The zero-order valence-corrected chi connectivity index (χ0v) is 11.8. The fraction of sp³-hybridized carbons (Fsp3) is 0.786. The number of rotatable bonds is 5. The molecule has 0 radical (unpaired) electrons. The summed E-state index contributed by atoms with van der Waals surface area (Å²) in [4.78, 5) is 11.7. The average molecular weight is 265 g/mol. The summed E-state index contributed by atoms with van der Waals surface area (Å²) in [6, 6.07) is 0. The number of aliphatic carboxylic acids is 1. The Balaban J connectivity index is 2.06. The summed E-state index contributed by atoms with van der Waals surface area (Å²) in [6.07, 6.45) is 8.33. The predicted molar refractivity (Wildman–Crippen MR) is 71.6 cm³/mol. The first-order chi connectivity index (χ1) is 9.05. The van der Waals surface area contributed by atoms with E-state index in [-0.39, 0.29) is 0 Å². The first kappa shape index (κ1) is 14.0. The second-order valence-electron chi connectivity index (χ2n) is 5.88. The second kappa shape index (κ2) is 5.72. The van der Waals surface area contributed by atoms with Crippen molar-refractivity contribution in [2.45, 2.75) is 51.9 Å². The predicted octanol–water partition coefficient (Wildman–Crippen LogP) is 2.42. The molecule has 0 spiro atoms. The van der Waals surface area contributed by atoms with Gasteiger partial charge >= 0.3 is 5.97 Å². The molecule has 1 N–H and O–H groups in total. The van der Waals surface area contributed by atoms with Crippen LogP contribution in [-0.2, 0) is 18.3 Å². The normalized spacial score (nSPS) is 27.4. The minimum Gasteiger partial charge on any atom is -0.481 e. The number of hydrogen-bond donors (Lipinski definition) is 1. The van der Waals surface area contributed by atoms with Crippen molar-refractivity contribution in [3.05, 3.63) is 11.9 Å². The Kier molecular flexibility index (Phi) is 4.22. The van der Waals surface area contributed by atoms with Gasteiger partial charge in [-0.15, -0.1) is 5.10 Å². The monoisotopic (exact) mass is 265 g/mol. The molecule has 1 heterocycles. The summed E-state index contributed by atoms with van der Waals surface area (Å²) in [7, 11) is 1.81. The van der Waals surface area contributed by atoms with Crippen LogP contribution in [0.5, 0.6) is 0 Å². The second-order valence-corrected chi connectivity index (χ2v) is 5.88. The molecule has 0 bridgehead atoms. The summed E-state index contributed by atoms with van der Waals surface area (Å²) in [5.74, 6) is 0.0347. The number of hydrogen-bond acceptors (Lipinski definition) is 3. The minimum absolute atomic E-state index is 0.509. The van der Waals surface area contributed by atoms with Crippen molar-refractivity contribution >= 4 is 5.97 Å². The van der Waals surface area contributed by atoms with Crippen LogP contribution in [0.1, 0.15) is 51.1 Å². The van der Waals surface area contributed by atoms with Gasteiger partial charge < -0.3 is 5.11 Å². The number of carbonyl (C=O) groups is 1. The first-order valence-corrected chi connectivity index (χ1v) is 7.14. The van der Waals surface area contributed by atoms with Crippen molar-refractivity contribution < 1.29 is 9.90 Å². The molecule has 2 rings (SSSR count). The Labute approximate surface area is 114 Å². The fourth-order valence-electron chi connectivity index (χ4n) is 3.22. The van der Waals surface area contributed by atoms with Gasteiger partial charge in [0.05, 0.1) is 11.1 Å². The average Bonchev–Trinajstić information content (AvgIpc) is 2.77. The van der Waals surface area contributed by atoms with E-state index in [9.17, 15) is 9.90 Å². The van der Waals surface area contributed by atoms with Crippen LogP contribution in [0.15, 0.2) is 6.20 Å². The molecule has 19 heavy (non-hydrogen) atoms. The first-order valence-electron chi connectivity index (χ1n) is 7.14. The van der Waals surface area contributed by atoms with Crippen LogP contribution in [0.3, 0.4) is 0 Å². The summed E-state index contributed by atoms with van der Waals surface area (Å²) in [5, 5.41) is 17.6. The lowest BCUT2D eigenvalue weighted by atomic mass is 9.67. The highest BCUT2D eigenvalue weighted by Gasteiger charge is 2.42. The molecule has 0 atom stereocenters. The Hall–Kier alpha value is -1.39. The third kappa shape index (κ3) is 3.14. The van der Waals surface area contributed by atoms with Crippen LogP contribution in [0.25, 0.3) is 0 Å². The molecule has 106 valence electrons. The lowest BCUT2D eigenvalue weighted by Gasteiger charge is -2.36. The van der Waals surface area contributed by atoms with Crippen molar-refractivity contribution in [3.63, 3.8) is 0 Å². The Morgan fingerprint density at radius 2 is 2.21 bits per heavy atom. The lowest BCUT2D eigenvalue weighted by molar-refractivity contribution is -0.151. The van der Waals surface area contributed by atoms with Crippen LogP contribution >= 0.6 is 0 Å². The molecule has 0 aromatic carbocycles. The Morgan fingerprint density at radius 1 is 1.53 bits per heavy atom. The third-order valence-corrected chi connectivity index (χ3v) is 4.38. The van der Waals surface area contributed by atoms with E-state index >= 15 is 0 Å². The molecule has 0 aliphatic heterocycles. The zero-order valence-electron chi connectivity index (χ0n) is 11.8. The maximum Gasteiger partial charge on any atom is 0.310 e. The molecule has 1 saturated carbocycles. The van der Waals surface area contributed by atoms with E-state index < -0.39 is 11.4 Å². The van der Waals surface area contributed by atoms with Gasteiger partial charge in [0, 0.05) is 19.7 Å². The summed E-state index contributed by atoms with van der Waals surface area (Å²) in [6.45, 7) is 2.19. The van der Waals surface area contributed by atoms with Gasteiger partial charge in [-0.1, -0.05) is 25.0 Å². The molecule has 0 unspecified atom stereocenters. The topological polar surface area (TPSA) is 68.0 Å². The number of carboxylic acids is 1. The van der Waals surface area contributed by atoms with Crippen molar-refractivity contribution in [2.24, 2.45) is 18.4 Å². The Bertz CT molecular complexity index is 434. The van der Waals surface area contributed by atoms with Gasteiger partial charge in [-0.05, 0) is 31.6 Å². The number of aryl methyl sites for hydroxylation is 1. The standard InChI is InChI=1S/C14H23N3O2/c1-3-4-11-5-7-14(8-6-11,13(18)19)9-12-10-17(2)16-15-12/h10-11H,3-9H2,1-2H3,(H,18,19). The van der Waals surface area contributed by atoms with E-state index in [1.54, 1.807) is 4.68 Å². The van der Waals surface area contributed by atoms with Crippen molar-refractivity contribution in [2.75, 3.05) is 0 Å². The van der Waals surface area contributed by atoms with E-state index in [1.807, 2.05) is 13.2 Å². The highest BCUT2D eigenvalue weighted by molar-refractivity contribution is 5.75. The van der Waals surface area contributed by atoms with E-state index in [0.29, 0.717) is 12.3 Å². The van der Waals surface area contributed by atoms with Gasteiger partial charge in [-0.2, -0.15) is 0 Å². The molecule has 0 amide bonds. The highest BCUT2D eigenvalue weighted by atomic mass is 16.4. The third-order valence-electron chi connectivity index (χ3n) is 4.38. The SMILES string of the molecule is CCCC1CCC(Cc2cn(C)nn2)(C(=O)O)CC1. The zero-order chi connectivity index (χ0) is 13.9. The summed E-state index contributed by atoms with van der Waals surface area (Å²) < 4.78 is 1.63. The molecule has 5 heteroatoms. The lowest BCUT2D eigenvalue weighted by Crippen LogP contribution is -2.37. The number of carboxylic acid groups (broad SMARTS) is 1. The van der Waals surface area contributed by atoms with Gasteiger partial charge in [-0.3, -0.25) is 9.48 Å². The van der Waals surface area contributed by atoms with E-state index in [1.165, 1.54) is 12.8 Å². The molecule has 5 nitrogen and oxygen atoms in total. The van der Waals surface area contributed by atoms with Crippen LogP contribution in [-0.4, -0.2) is 26.1 Å². The van der Waals surface area contributed by atoms with Crippen LogP contribution in [0.4, 0.5) is 0 Å². The van der Waals surface area contributed by atoms with Crippen molar-refractivity contribution in [3.8, 4) is 0 Å². The fourth-order valence-corrected chi connectivity index (χ4v) is 3.22. The maximum absolute atomic E-state index is 11.7. The van der Waals surface area contributed by atoms with Gasteiger partial charge in [0.15, 0.2) is 0 Å². The molecule has 1 aliphatic rings. The molecule has 1 fully saturated rings. The van der Waals surface area contributed by atoms with Gasteiger partial charge in [0.1, 0.15) is 0 Å².